The molecule has 0 spiro atoms. The van der Waals surface area contributed by atoms with Crippen LogP contribution in [0.15, 0.2) is 29.8 Å². The maximum atomic E-state index is 12.3. The lowest BCUT2D eigenvalue weighted by atomic mass is 10.1. The smallest absolute Gasteiger partial charge is 0.423 e. The quantitative estimate of drug-likeness (QED) is 0.793. The van der Waals surface area contributed by atoms with Crippen LogP contribution in [0.4, 0.5) is 13.2 Å². The van der Waals surface area contributed by atoms with Crippen LogP contribution in [0.5, 0.6) is 0 Å². The third kappa shape index (κ3) is 2.85. The molecule has 0 amide bonds. The van der Waals surface area contributed by atoms with Crippen LogP contribution >= 0.6 is 0 Å². The molecule has 0 radical (unpaired) electrons. The molecular formula is C11H9F3O2. The number of alkyl halides is 3. The second-order valence-electron chi connectivity index (χ2n) is 3.22. The third-order valence-electron chi connectivity index (χ3n) is 2.02. The van der Waals surface area contributed by atoms with Crippen LogP contribution in [0, 0.1) is 6.92 Å². The molecule has 0 aliphatic rings. The van der Waals surface area contributed by atoms with Crippen molar-refractivity contribution < 1.29 is 23.1 Å². The summed E-state index contributed by atoms with van der Waals surface area (Å²) in [7, 11) is 0. The van der Waals surface area contributed by atoms with Crippen molar-refractivity contribution in [1.82, 2.24) is 0 Å². The highest BCUT2D eigenvalue weighted by molar-refractivity contribution is 5.93. The first kappa shape index (κ1) is 12.3. The lowest BCUT2D eigenvalue weighted by molar-refractivity contribution is -0.144. The fraction of sp³-hybridized carbons (Fsp3) is 0.182. The van der Waals surface area contributed by atoms with Gasteiger partial charge in [0.2, 0.25) is 0 Å². The van der Waals surface area contributed by atoms with Gasteiger partial charge >= 0.3 is 12.1 Å². The normalized spacial score (nSPS) is 12.6. The van der Waals surface area contributed by atoms with Gasteiger partial charge in [-0.3, -0.25) is 0 Å². The van der Waals surface area contributed by atoms with Gasteiger partial charge in [0.1, 0.15) is 5.57 Å². The Kier molecular flexibility index (Phi) is 3.37. The summed E-state index contributed by atoms with van der Waals surface area (Å²) < 4.78 is 37.0. The SMILES string of the molecule is Cc1ccccc1/C=C(/C(=O)O)C(F)(F)F. The number of hydrogen-bond acceptors (Lipinski definition) is 1. The first-order valence-corrected chi connectivity index (χ1v) is 4.40. The van der Waals surface area contributed by atoms with E-state index in [0.717, 1.165) is 0 Å². The molecule has 0 aliphatic carbocycles. The average Bonchev–Trinajstić information content (AvgIpc) is 2.14. The number of carboxylic acid groups (broad SMARTS) is 1. The largest absolute Gasteiger partial charge is 0.478 e. The standard InChI is InChI=1S/C11H9F3O2/c1-7-4-2-3-5-8(7)6-9(10(15)16)11(12,13)14/h2-6H,1H3,(H,15,16)/b9-6-. The minimum atomic E-state index is -4.85. The first-order chi connectivity index (χ1) is 7.32. The summed E-state index contributed by atoms with van der Waals surface area (Å²) in [4.78, 5) is 10.5. The van der Waals surface area contributed by atoms with Gasteiger partial charge in [0.25, 0.3) is 0 Å². The molecule has 0 atom stereocenters. The van der Waals surface area contributed by atoms with Crippen molar-refractivity contribution in [2.24, 2.45) is 0 Å². The van der Waals surface area contributed by atoms with Crippen LogP contribution in [0.25, 0.3) is 6.08 Å². The Hall–Kier alpha value is -1.78. The Labute approximate surface area is 90.0 Å². The van der Waals surface area contributed by atoms with Crippen LogP contribution in [-0.2, 0) is 4.79 Å². The molecule has 2 nitrogen and oxygen atoms in total. The molecule has 1 aromatic rings. The molecule has 0 saturated carbocycles. The third-order valence-corrected chi connectivity index (χ3v) is 2.02. The molecule has 1 aromatic carbocycles. The van der Waals surface area contributed by atoms with Crippen LogP contribution < -0.4 is 0 Å². The summed E-state index contributed by atoms with van der Waals surface area (Å²) in [5.41, 5.74) is -0.732. The van der Waals surface area contributed by atoms with Crippen molar-refractivity contribution in [3.63, 3.8) is 0 Å². The Morgan fingerprint density at radius 2 is 1.88 bits per heavy atom. The second-order valence-corrected chi connectivity index (χ2v) is 3.22. The van der Waals surface area contributed by atoms with Crippen LogP contribution in [0.1, 0.15) is 11.1 Å². The molecule has 1 rings (SSSR count). The molecule has 0 saturated heterocycles. The highest BCUT2D eigenvalue weighted by Gasteiger charge is 2.38. The zero-order valence-corrected chi connectivity index (χ0v) is 8.38. The lowest BCUT2D eigenvalue weighted by Crippen LogP contribution is -2.19. The minimum Gasteiger partial charge on any atom is -0.478 e. The Morgan fingerprint density at radius 3 is 2.31 bits per heavy atom. The van der Waals surface area contributed by atoms with Gasteiger partial charge < -0.3 is 5.11 Å². The van der Waals surface area contributed by atoms with Gasteiger partial charge in [0.15, 0.2) is 0 Å². The molecule has 0 unspecified atom stereocenters. The summed E-state index contributed by atoms with van der Waals surface area (Å²) in [5, 5.41) is 8.47. The molecule has 0 bridgehead atoms. The van der Waals surface area contributed by atoms with Crippen molar-refractivity contribution in [2.75, 3.05) is 0 Å². The van der Waals surface area contributed by atoms with Gasteiger partial charge in [0, 0.05) is 0 Å². The van der Waals surface area contributed by atoms with E-state index in [2.05, 4.69) is 0 Å². The maximum absolute atomic E-state index is 12.3. The number of aryl methyl sites for hydroxylation is 1. The summed E-state index contributed by atoms with van der Waals surface area (Å²) >= 11 is 0. The van der Waals surface area contributed by atoms with Gasteiger partial charge in [-0.25, -0.2) is 4.79 Å². The van der Waals surface area contributed by atoms with Gasteiger partial charge in [-0.1, -0.05) is 24.3 Å². The molecule has 1 N–H and O–H groups in total. The van der Waals surface area contributed by atoms with Crippen molar-refractivity contribution >= 4 is 12.0 Å². The van der Waals surface area contributed by atoms with E-state index >= 15 is 0 Å². The fourth-order valence-electron chi connectivity index (χ4n) is 1.17. The van der Waals surface area contributed by atoms with Crippen LogP contribution in [0.3, 0.4) is 0 Å². The molecule has 0 heterocycles. The second kappa shape index (κ2) is 4.38. The van der Waals surface area contributed by atoms with Gasteiger partial charge in [0.05, 0.1) is 0 Å². The van der Waals surface area contributed by atoms with Gasteiger partial charge in [-0.15, -0.1) is 0 Å². The predicted octanol–water partition coefficient (Wildman–Crippen LogP) is 3.03. The summed E-state index contributed by atoms with van der Waals surface area (Å²) in [5.74, 6) is -1.98. The summed E-state index contributed by atoms with van der Waals surface area (Å²) in [6, 6.07) is 6.26. The van der Waals surface area contributed by atoms with Crippen molar-refractivity contribution in [3.05, 3.63) is 41.0 Å². The Bertz CT molecular complexity index is 433. The predicted molar refractivity (Wildman–Crippen MR) is 52.8 cm³/mol. The summed E-state index contributed by atoms with van der Waals surface area (Å²) in [6.45, 7) is 1.61. The number of benzene rings is 1. The molecular weight excluding hydrogens is 221 g/mol. The average molecular weight is 230 g/mol. The Balaban J connectivity index is 3.24. The number of halogens is 3. The molecule has 0 fully saturated rings. The Morgan fingerprint density at radius 1 is 1.31 bits per heavy atom. The van der Waals surface area contributed by atoms with E-state index in [0.29, 0.717) is 11.6 Å². The molecule has 0 aromatic heterocycles. The van der Waals surface area contributed by atoms with Crippen molar-refractivity contribution in [3.8, 4) is 0 Å². The highest BCUT2D eigenvalue weighted by Crippen LogP contribution is 2.28. The topological polar surface area (TPSA) is 37.3 Å². The summed E-state index contributed by atoms with van der Waals surface area (Å²) in [6.07, 6.45) is -4.22. The van der Waals surface area contributed by atoms with Crippen LogP contribution in [0.2, 0.25) is 0 Å². The van der Waals surface area contributed by atoms with E-state index in [4.69, 9.17) is 5.11 Å². The highest BCUT2D eigenvalue weighted by atomic mass is 19.4. The minimum absolute atomic E-state index is 0.247. The molecule has 16 heavy (non-hydrogen) atoms. The number of rotatable bonds is 2. The van der Waals surface area contributed by atoms with E-state index < -0.39 is 17.7 Å². The number of hydrogen-bond donors (Lipinski definition) is 1. The van der Waals surface area contributed by atoms with Crippen molar-refractivity contribution in [2.45, 2.75) is 13.1 Å². The monoisotopic (exact) mass is 230 g/mol. The van der Waals surface area contributed by atoms with E-state index in [9.17, 15) is 18.0 Å². The lowest BCUT2D eigenvalue weighted by Gasteiger charge is -2.08. The molecule has 86 valence electrons. The zero-order chi connectivity index (χ0) is 12.3. The maximum Gasteiger partial charge on any atom is 0.423 e. The van der Waals surface area contributed by atoms with E-state index in [1.807, 2.05) is 0 Å². The number of aliphatic carboxylic acids is 1. The molecule has 0 aliphatic heterocycles. The first-order valence-electron chi connectivity index (χ1n) is 4.40. The van der Waals surface area contributed by atoms with Crippen molar-refractivity contribution in [1.29, 1.82) is 0 Å². The van der Waals surface area contributed by atoms with Gasteiger partial charge in [-0.2, -0.15) is 13.2 Å². The van der Waals surface area contributed by atoms with Crippen LogP contribution in [-0.4, -0.2) is 17.3 Å². The van der Waals surface area contributed by atoms with Gasteiger partial charge in [-0.05, 0) is 24.1 Å². The molecule has 5 heteroatoms. The van der Waals surface area contributed by atoms with E-state index in [-0.39, 0.29) is 5.56 Å². The zero-order valence-electron chi connectivity index (χ0n) is 8.38. The van der Waals surface area contributed by atoms with E-state index in [1.165, 1.54) is 6.07 Å². The van der Waals surface area contributed by atoms with E-state index in [1.54, 1.807) is 25.1 Å². The fourth-order valence-corrected chi connectivity index (χ4v) is 1.17. The number of carboxylic acids is 1. The number of carbonyl (C=O) groups is 1.